The first-order valence-electron chi connectivity index (χ1n) is 2.57. The Balaban J connectivity index is 2.50. The Morgan fingerprint density at radius 2 is 2.56 bits per heavy atom. The van der Waals surface area contributed by atoms with E-state index in [4.69, 9.17) is 0 Å². The van der Waals surface area contributed by atoms with Crippen LogP contribution in [0.3, 0.4) is 0 Å². The molecular formula is C4H7N3O2. The molecule has 0 aliphatic carbocycles. The van der Waals surface area contributed by atoms with Crippen molar-refractivity contribution >= 4 is 0 Å². The fourth-order valence-electron chi connectivity index (χ4n) is 0.594. The minimum absolute atomic E-state index is 0.378. The summed E-state index contributed by atoms with van der Waals surface area (Å²) in [6.45, 7) is 0.460. The number of nitrogens with zero attached hydrogens (tertiary/aromatic N) is 1. The molecule has 1 unspecified atom stereocenters. The van der Waals surface area contributed by atoms with E-state index in [1.807, 2.05) is 0 Å². The average Bonchev–Trinajstić information content (AvgIpc) is 1.90. The zero-order chi connectivity index (χ0) is 6.69. The highest BCUT2D eigenvalue weighted by Gasteiger charge is 2.15. The van der Waals surface area contributed by atoms with E-state index in [2.05, 4.69) is 10.6 Å². The lowest BCUT2D eigenvalue weighted by Crippen LogP contribution is -2.42. The van der Waals surface area contributed by atoms with Crippen molar-refractivity contribution in [3.05, 3.63) is 22.4 Å². The number of nitrogens with one attached hydrogen (secondary N) is 2. The van der Waals surface area contributed by atoms with Crippen LogP contribution in [-0.4, -0.2) is 17.8 Å². The van der Waals surface area contributed by atoms with Crippen molar-refractivity contribution in [2.45, 2.75) is 6.17 Å². The molecule has 0 spiro atoms. The van der Waals surface area contributed by atoms with Crippen molar-refractivity contribution in [3.8, 4) is 0 Å². The van der Waals surface area contributed by atoms with Gasteiger partial charge in [0.05, 0.1) is 6.67 Å². The van der Waals surface area contributed by atoms with Gasteiger partial charge in [0.1, 0.15) is 0 Å². The van der Waals surface area contributed by atoms with Crippen LogP contribution >= 0.6 is 0 Å². The smallest absolute Gasteiger partial charge is 0.287 e. The van der Waals surface area contributed by atoms with Crippen LogP contribution in [0.1, 0.15) is 0 Å². The van der Waals surface area contributed by atoms with Gasteiger partial charge in [-0.25, -0.2) is 5.32 Å². The third-order valence-corrected chi connectivity index (χ3v) is 1.04. The molecule has 5 nitrogen and oxygen atoms in total. The van der Waals surface area contributed by atoms with Gasteiger partial charge in [0.2, 0.25) is 0 Å². The highest BCUT2D eigenvalue weighted by molar-refractivity contribution is 4.89. The van der Waals surface area contributed by atoms with Gasteiger partial charge >= 0.3 is 0 Å². The Kier molecular flexibility index (Phi) is 1.64. The predicted molar refractivity (Wildman–Crippen MR) is 31.1 cm³/mol. The lowest BCUT2D eigenvalue weighted by atomic mass is 10.4. The molecule has 0 amide bonds. The van der Waals surface area contributed by atoms with Gasteiger partial charge in [-0.05, 0) is 0 Å². The highest BCUT2D eigenvalue weighted by Crippen LogP contribution is 1.88. The number of hydrogen-bond acceptors (Lipinski definition) is 4. The molecule has 50 valence electrons. The van der Waals surface area contributed by atoms with E-state index in [0.717, 1.165) is 0 Å². The van der Waals surface area contributed by atoms with E-state index in [1.165, 1.54) is 6.08 Å². The fourth-order valence-corrected chi connectivity index (χ4v) is 0.594. The molecule has 0 bridgehead atoms. The molecule has 0 aromatic rings. The maximum Gasteiger partial charge on any atom is 0.287 e. The molecule has 1 heterocycles. The van der Waals surface area contributed by atoms with Gasteiger partial charge in [-0.3, -0.25) is 10.1 Å². The predicted octanol–water partition coefficient (Wildman–Crippen LogP) is -0.747. The van der Waals surface area contributed by atoms with Crippen LogP contribution in [0.5, 0.6) is 0 Å². The third-order valence-electron chi connectivity index (χ3n) is 1.04. The Labute approximate surface area is 51.9 Å². The largest absolute Gasteiger partial charge is 0.378 e. The zero-order valence-corrected chi connectivity index (χ0v) is 4.70. The van der Waals surface area contributed by atoms with Crippen LogP contribution < -0.4 is 10.6 Å². The molecule has 2 N–H and O–H groups in total. The number of hydrogen-bond donors (Lipinski definition) is 2. The molecule has 0 radical (unpaired) electrons. The third kappa shape index (κ3) is 1.39. The molecule has 1 aliphatic rings. The van der Waals surface area contributed by atoms with Crippen molar-refractivity contribution < 1.29 is 4.92 Å². The van der Waals surface area contributed by atoms with Crippen LogP contribution in [0.15, 0.2) is 12.3 Å². The summed E-state index contributed by atoms with van der Waals surface area (Å²) in [6.07, 6.45) is 2.32. The SMILES string of the molecule is O=[N+]([O-])C1C=CNCN1. The maximum absolute atomic E-state index is 10.0. The highest BCUT2D eigenvalue weighted by atomic mass is 16.6. The van der Waals surface area contributed by atoms with Crippen molar-refractivity contribution in [1.82, 2.24) is 10.6 Å². The molecule has 5 heteroatoms. The van der Waals surface area contributed by atoms with Gasteiger partial charge in [-0.2, -0.15) is 0 Å². The topological polar surface area (TPSA) is 67.2 Å². The molecule has 0 saturated carbocycles. The molecule has 0 fully saturated rings. The molecule has 1 aliphatic heterocycles. The summed E-state index contributed by atoms with van der Waals surface area (Å²) < 4.78 is 0. The molecule has 0 saturated heterocycles. The van der Waals surface area contributed by atoms with Gasteiger partial charge in [0.25, 0.3) is 6.17 Å². The summed E-state index contributed by atoms with van der Waals surface area (Å²) in [5, 5.41) is 15.4. The van der Waals surface area contributed by atoms with Gasteiger partial charge in [0, 0.05) is 17.2 Å². The summed E-state index contributed by atoms with van der Waals surface area (Å²) in [4.78, 5) is 9.64. The normalized spacial score (nSPS) is 25.1. The fraction of sp³-hybridized carbons (Fsp3) is 0.500. The second kappa shape index (κ2) is 2.45. The Bertz CT molecular complexity index is 145. The first-order chi connectivity index (χ1) is 4.30. The van der Waals surface area contributed by atoms with Crippen molar-refractivity contribution in [2.75, 3.05) is 6.67 Å². The van der Waals surface area contributed by atoms with E-state index < -0.39 is 6.17 Å². The molecule has 1 rings (SSSR count). The zero-order valence-electron chi connectivity index (χ0n) is 4.70. The van der Waals surface area contributed by atoms with Crippen LogP contribution in [0, 0.1) is 10.1 Å². The molecular weight excluding hydrogens is 122 g/mol. The monoisotopic (exact) mass is 129 g/mol. The van der Waals surface area contributed by atoms with Crippen molar-refractivity contribution in [3.63, 3.8) is 0 Å². The second-order valence-electron chi connectivity index (χ2n) is 1.67. The first kappa shape index (κ1) is 6.03. The number of nitro groups is 1. The van der Waals surface area contributed by atoms with Crippen LogP contribution in [-0.2, 0) is 0 Å². The Morgan fingerprint density at radius 3 is 2.89 bits per heavy atom. The Morgan fingerprint density at radius 1 is 1.78 bits per heavy atom. The van der Waals surface area contributed by atoms with Crippen molar-refractivity contribution in [2.24, 2.45) is 0 Å². The summed E-state index contributed by atoms with van der Waals surface area (Å²) in [5.74, 6) is 0. The standard InChI is InChI=1S/C4H7N3O2/c8-7(9)4-1-2-5-3-6-4/h1-2,4-6H,3H2. The van der Waals surface area contributed by atoms with Gasteiger partial charge in [-0.1, -0.05) is 0 Å². The Hall–Kier alpha value is -1.10. The first-order valence-corrected chi connectivity index (χ1v) is 2.57. The second-order valence-corrected chi connectivity index (χ2v) is 1.67. The van der Waals surface area contributed by atoms with Crippen LogP contribution in [0.25, 0.3) is 0 Å². The van der Waals surface area contributed by atoms with Gasteiger partial charge in [-0.15, -0.1) is 0 Å². The lowest BCUT2D eigenvalue weighted by molar-refractivity contribution is -0.516. The molecule has 9 heavy (non-hydrogen) atoms. The van der Waals surface area contributed by atoms with E-state index in [-0.39, 0.29) is 4.92 Å². The van der Waals surface area contributed by atoms with E-state index in [0.29, 0.717) is 6.67 Å². The molecule has 1 atom stereocenters. The van der Waals surface area contributed by atoms with E-state index >= 15 is 0 Å². The lowest BCUT2D eigenvalue weighted by Gasteiger charge is -2.11. The van der Waals surface area contributed by atoms with E-state index in [1.54, 1.807) is 6.20 Å². The average molecular weight is 129 g/mol. The summed E-state index contributed by atoms with van der Waals surface area (Å²) >= 11 is 0. The van der Waals surface area contributed by atoms with E-state index in [9.17, 15) is 10.1 Å². The summed E-state index contributed by atoms with van der Waals surface area (Å²) in [7, 11) is 0. The summed E-state index contributed by atoms with van der Waals surface area (Å²) in [6, 6.07) is 0. The van der Waals surface area contributed by atoms with Crippen LogP contribution in [0.2, 0.25) is 0 Å². The minimum atomic E-state index is -0.716. The number of rotatable bonds is 1. The molecule has 0 aromatic heterocycles. The van der Waals surface area contributed by atoms with Crippen molar-refractivity contribution in [1.29, 1.82) is 0 Å². The molecule has 0 aromatic carbocycles. The van der Waals surface area contributed by atoms with Crippen LogP contribution in [0.4, 0.5) is 0 Å². The minimum Gasteiger partial charge on any atom is -0.378 e. The summed E-state index contributed by atoms with van der Waals surface area (Å²) in [5.41, 5.74) is 0. The van der Waals surface area contributed by atoms with Gasteiger partial charge < -0.3 is 5.32 Å². The quantitative estimate of drug-likeness (QED) is 0.361. The van der Waals surface area contributed by atoms with Gasteiger partial charge in [0.15, 0.2) is 0 Å². The maximum atomic E-state index is 10.0.